The summed E-state index contributed by atoms with van der Waals surface area (Å²) in [6, 6.07) is 15.7. The normalized spacial score (nSPS) is 10.5. The summed E-state index contributed by atoms with van der Waals surface area (Å²) < 4.78 is 16.8. The average Bonchev–Trinajstić information content (AvgIpc) is 3.35. The van der Waals surface area contributed by atoms with Crippen LogP contribution in [0.1, 0.15) is 11.3 Å². The number of nitrogens with one attached hydrogen (secondary N) is 3. The molecule has 0 atom stereocenters. The molecule has 0 saturated carbocycles. The molecular weight excluding hydrogens is 555 g/mol. The van der Waals surface area contributed by atoms with Crippen LogP contribution in [0.5, 0.6) is 11.5 Å². The van der Waals surface area contributed by atoms with E-state index in [2.05, 4.69) is 21.2 Å². The van der Waals surface area contributed by atoms with Crippen LogP contribution >= 0.6 is 22.6 Å². The number of hydrazone groups is 1. The Morgan fingerprint density at radius 2 is 1.88 bits per heavy atom. The number of anilines is 1. The van der Waals surface area contributed by atoms with Gasteiger partial charge in [0.25, 0.3) is 5.91 Å². The maximum atomic E-state index is 12.2. The first-order chi connectivity index (χ1) is 16.5. The summed E-state index contributed by atoms with van der Waals surface area (Å²) in [6.45, 7) is -0.124. The molecule has 3 amide bonds. The lowest BCUT2D eigenvalue weighted by Crippen LogP contribution is -2.37. The molecule has 10 nitrogen and oxygen atoms in total. The number of nitrogens with zero attached hydrogens (tertiary/aromatic N) is 1. The van der Waals surface area contributed by atoms with Crippen molar-refractivity contribution in [3.63, 3.8) is 0 Å². The van der Waals surface area contributed by atoms with Gasteiger partial charge in [0.15, 0.2) is 18.1 Å². The molecule has 0 aliphatic heterocycles. The van der Waals surface area contributed by atoms with Crippen molar-refractivity contribution in [2.75, 3.05) is 19.0 Å². The van der Waals surface area contributed by atoms with Crippen LogP contribution in [-0.2, 0) is 20.9 Å². The molecule has 0 radical (unpaired) electrons. The Bertz CT molecular complexity index is 1170. The highest BCUT2D eigenvalue weighted by Crippen LogP contribution is 2.33. The van der Waals surface area contributed by atoms with Gasteiger partial charge < -0.3 is 24.5 Å². The van der Waals surface area contributed by atoms with E-state index in [1.807, 2.05) is 40.8 Å². The molecule has 3 aromatic rings. The van der Waals surface area contributed by atoms with Gasteiger partial charge in [0, 0.05) is 5.69 Å². The van der Waals surface area contributed by atoms with Crippen LogP contribution in [0.2, 0.25) is 0 Å². The second-order valence-electron chi connectivity index (χ2n) is 6.70. The number of furan rings is 1. The van der Waals surface area contributed by atoms with Crippen LogP contribution in [0.25, 0.3) is 0 Å². The number of rotatable bonds is 9. The van der Waals surface area contributed by atoms with Crippen molar-refractivity contribution >= 4 is 52.2 Å². The summed E-state index contributed by atoms with van der Waals surface area (Å²) in [6.07, 6.45) is 2.82. The van der Waals surface area contributed by atoms with Gasteiger partial charge in [0.2, 0.25) is 0 Å². The van der Waals surface area contributed by atoms with Crippen molar-refractivity contribution < 1.29 is 28.3 Å². The first-order valence-electron chi connectivity index (χ1n) is 9.95. The van der Waals surface area contributed by atoms with Gasteiger partial charge >= 0.3 is 11.8 Å². The van der Waals surface area contributed by atoms with Crippen molar-refractivity contribution in [2.24, 2.45) is 5.10 Å². The molecule has 1 heterocycles. The van der Waals surface area contributed by atoms with Crippen molar-refractivity contribution in [1.82, 2.24) is 10.7 Å². The summed E-state index contributed by atoms with van der Waals surface area (Å²) in [5.41, 5.74) is 3.41. The van der Waals surface area contributed by atoms with Crippen LogP contribution in [-0.4, -0.2) is 37.7 Å². The van der Waals surface area contributed by atoms with E-state index in [0.717, 1.165) is 0 Å². The number of amides is 3. The first-order valence-corrected chi connectivity index (χ1v) is 11.0. The smallest absolute Gasteiger partial charge is 0.329 e. The molecule has 0 saturated heterocycles. The highest BCUT2D eigenvalue weighted by Gasteiger charge is 2.15. The molecule has 0 fully saturated rings. The Morgan fingerprint density at radius 3 is 2.59 bits per heavy atom. The number of ether oxygens (including phenoxy) is 2. The minimum absolute atomic E-state index is 0.0865. The van der Waals surface area contributed by atoms with Gasteiger partial charge in [-0.15, -0.1) is 0 Å². The lowest BCUT2D eigenvalue weighted by atomic mass is 10.2. The monoisotopic (exact) mass is 576 g/mol. The minimum Gasteiger partial charge on any atom is -0.493 e. The maximum absolute atomic E-state index is 12.2. The second-order valence-corrected chi connectivity index (χ2v) is 7.86. The van der Waals surface area contributed by atoms with Crippen LogP contribution < -0.4 is 25.5 Å². The minimum atomic E-state index is -0.922. The van der Waals surface area contributed by atoms with Crippen LogP contribution in [0.3, 0.4) is 0 Å². The Balaban J connectivity index is 1.54. The Morgan fingerprint density at radius 1 is 1.09 bits per heavy atom. The third-order valence-corrected chi connectivity index (χ3v) is 5.05. The van der Waals surface area contributed by atoms with Gasteiger partial charge in [-0.05, 0) is 64.6 Å². The first kappa shape index (κ1) is 24.8. The highest BCUT2D eigenvalue weighted by atomic mass is 127. The van der Waals surface area contributed by atoms with Gasteiger partial charge in [-0.1, -0.05) is 18.2 Å². The van der Waals surface area contributed by atoms with E-state index in [4.69, 9.17) is 13.9 Å². The van der Waals surface area contributed by atoms with Crippen molar-refractivity contribution in [2.45, 2.75) is 6.54 Å². The van der Waals surface area contributed by atoms with Gasteiger partial charge in [-0.25, -0.2) is 5.43 Å². The number of hydrogen-bond acceptors (Lipinski definition) is 7. The lowest BCUT2D eigenvalue weighted by Gasteiger charge is -2.13. The van der Waals surface area contributed by atoms with Crippen molar-refractivity contribution in [1.29, 1.82) is 0 Å². The van der Waals surface area contributed by atoms with E-state index in [1.54, 1.807) is 36.4 Å². The molecule has 11 heteroatoms. The lowest BCUT2D eigenvalue weighted by molar-refractivity contribution is -0.139. The zero-order chi connectivity index (χ0) is 24.3. The number of hydrogen-bond donors (Lipinski definition) is 3. The van der Waals surface area contributed by atoms with Crippen molar-refractivity contribution in [3.05, 3.63) is 75.8 Å². The number of benzene rings is 2. The van der Waals surface area contributed by atoms with Crippen molar-refractivity contribution in [3.8, 4) is 11.5 Å². The molecular formula is C23H21IN4O6. The van der Waals surface area contributed by atoms with E-state index in [0.29, 0.717) is 32.1 Å². The molecule has 3 rings (SSSR count). The van der Waals surface area contributed by atoms with E-state index in [-0.39, 0.29) is 19.1 Å². The third-order valence-electron chi connectivity index (χ3n) is 4.25. The van der Waals surface area contributed by atoms with Crippen LogP contribution in [0.4, 0.5) is 5.69 Å². The largest absolute Gasteiger partial charge is 0.493 e. The van der Waals surface area contributed by atoms with E-state index >= 15 is 0 Å². The second kappa shape index (κ2) is 12.4. The molecule has 1 aromatic heterocycles. The van der Waals surface area contributed by atoms with Crippen LogP contribution in [0.15, 0.2) is 70.4 Å². The number of carbonyl (C=O) groups excluding carboxylic acids is 3. The average molecular weight is 576 g/mol. The quantitative estimate of drug-likeness (QED) is 0.156. The molecule has 0 spiro atoms. The SMILES string of the molecule is COc1cc(/C=N\NC(=O)C(=O)NCc2ccco2)cc(I)c1OCC(=O)Nc1ccccc1. The third kappa shape index (κ3) is 7.33. The van der Waals surface area contributed by atoms with Gasteiger partial charge in [-0.3, -0.25) is 14.4 Å². The predicted octanol–water partition coefficient (Wildman–Crippen LogP) is 2.68. The van der Waals surface area contributed by atoms with E-state index < -0.39 is 11.8 Å². The molecule has 0 unspecified atom stereocenters. The number of para-hydroxylation sites is 1. The topological polar surface area (TPSA) is 131 Å². The molecule has 0 aliphatic carbocycles. The molecule has 0 aliphatic rings. The Hall–Kier alpha value is -3.87. The summed E-state index contributed by atoms with van der Waals surface area (Å²) >= 11 is 2.04. The molecule has 34 heavy (non-hydrogen) atoms. The molecule has 3 N–H and O–H groups in total. The zero-order valence-corrected chi connectivity index (χ0v) is 20.2. The molecule has 176 valence electrons. The fraction of sp³-hybridized carbons (Fsp3) is 0.130. The maximum Gasteiger partial charge on any atom is 0.329 e. The van der Waals surface area contributed by atoms with Crippen LogP contribution in [0, 0.1) is 3.57 Å². The highest BCUT2D eigenvalue weighted by molar-refractivity contribution is 14.1. The van der Waals surface area contributed by atoms with Gasteiger partial charge in [-0.2, -0.15) is 5.10 Å². The Kier molecular flexibility index (Phi) is 9.03. The fourth-order valence-corrected chi connectivity index (χ4v) is 3.47. The van der Waals surface area contributed by atoms with Gasteiger partial charge in [0.05, 0.1) is 29.7 Å². The predicted molar refractivity (Wildman–Crippen MR) is 133 cm³/mol. The molecule has 2 aromatic carbocycles. The summed E-state index contributed by atoms with van der Waals surface area (Å²) in [5.74, 6) is -0.797. The number of carbonyl (C=O) groups is 3. The summed E-state index contributed by atoms with van der Waals surface area (Å²) in [4.78, 5) is 35.8. The van der Waals surface area contributed by atoms with E-state index in [9.17, 15) is 14.4 Å². The fourth-order valence-electron chi connectivity index (χ4n) is 2.69. The standard InChI is InChI=1S/C23H21IN4O6/c1-32-19-11-15(12-26-28-23(31)22(30)25-13-17-8-5-9-33-17)10-18(24)21(19)34-14-20(29)27-16-6-3-2-4-7-16/h2-12H,13-14H2,1H3,(H,25,30)(H,27,29)(H,28,31)/b26-12-. The molecule has 0 bridgehead atoms. The summed E-state index contributed by atoms with van der Waals surface area (Å²) in [5, 5.41) is 8.96. The summed E-state index contributed by atoms with van der Waals surface area (Å²) in [7, 11) is 1.47. The zero-order valence-electron chi connectivity index (χ0n) is 18.0. The number of halogens is 1. The number of methoxy groups -OCH3 is 1. The van der Waals surface area contributed by atoms with Gasteiger partial charge in [0.1, 0.15) is 5.76 Å². The van der Waals surface area contributed by atoms with E-state index in [1.165, 1.54) is 19.6 Å². The Labute approximate surface area is 208 Å².